The van der Waals surface area contributed by atoms with E-state index in [2.05, 4.69) is 0 Å². The number of rotatable bonds is 16. The van der Waals surface area contributed by atoms with Crippen molar-refractivity contribution >= 4 is 11.6 Å². The summed E-state index contributed by atoms with van der Waals surface area (Å²) in [5, 5.41) is 0. The molecule has 1 fully saturated rings. The molecule has 0 aromatic heterocycles. The number of benzene rings is 4. The van der Waals surface area contributed by atoms with Gasteiger partial charge in [-0.25, -0.2) is 0 Å². The Labute approximate surface area is 298 Å². The van der Waals surface area contributed by atoms with Crippen LogP contribution in [-0.2, 0) is 4.74 Å². The van der Waals surface area contributed by atoms with Crippen LogP contribution in [0.25, 0.3) is 0 Å². The van der Waals surface area contributed by atoms with Crippen LogP contribution in [0.1, 0.15) is 70.7 Å². The number of hydrogen-bond donors (Lipinski definition) is 0. The lowest BCUT2D eigenvalue weighted by Gasteiger charge is -2.20. The molecule has 270 valence electrons. The first-order chi connectivity index (χ1) is 24.6. The summed E-state index contributed by atoms with van der Waals surface area (Å²) in [6.07, 6.45) is -0.401. The van der Waals surface area contributed by atoms with Crippen LogP contribution in [0.4, 0.5) is 0 Å². The largest absolute Gasteiger partial charge is 0.493 e. The number of ether oxygens (including phenoxy) is 9. The predicted molar refractivity (Wildman–Crippen MR) is 190 cm³/mol. The second-order valence-corrected chi connectivity index (χ2v) is 11.9. The van der Waals surface area contributed by atoms with Crippen LogP contribution in [0, 0.1) is 0 Å². The van der Waals surface area contributed by atoms with Gasteiger partial charge in [0.15, 0.2) is 58.2 Å². The number of carbonyl (C=O) groups excluding carboxylic acids is 2. The van der Waals surface area contributed by atoms with Gasteiger partial charge in [-0.2, -0.15) is 0 Å². The SMILES string of the molecule is COc1ccc(C(=O)[C@@H](C)Oc2ccc([C@@H]3CC[C@@H](c4ccc(O[C@H](C)C(=O)c5ccc(OC)c(OC)c5)c(OC)c4)O3)cc2OC)cc1OC. The maximum atomic E-state index is 13.2. The average molecular weight is 701 g/mol. The van der Waals surface area contributed by atoms with E-state index >= 15 is 0 Å². The molecule has 5 rings (SSSR count). The molecule has 0 amide bonds. The van der Waals surface area contributed by atoms with E-state index in [0.717, 1.165) is 24.0 Å². The molecule has 0 N–H and O–H groups in total. The molecule has 0 bridgehead atoms. The maximum absolute atomic E-state index is 13.2. The lowest BCUT2D eigenvalue weighted by atomic mass is 10.0. The van der Waals surface area contributed by atoms with Gasteiger partial charge in [-0.15, -0.1) is 0 Å². The van der Waals surface area contributed by atoms with Crippen molar-refractivity contribution in [2.75, 3.05) is 42.7 Å². The van der Waals surface area contributed by atoms with Gasteiger partial charge in [-0.3, -0.25) is 9.59 Å². The van der Waals surface area contributed by atoms with E-state index in [9.17, 15) is 9.59 Å². The van der Waals surface area contributed by atoms with Gasteiger partial charge in [0.25, 0.3) is 0 Å². The van der Waals surface area contributed by atoms with Gasteiger partial charge in [-0.1, -0.05) is 12.1 Å². The second-order valence-electron chi connectivity index (χ2n) is 11.9. The summed E-state index contributed by atoms with van der Waals surface area (Å²) < 4.78 is 51.2. The molecule has 1 aliphatic rings. The van der Waals surface area contributed by atoms with Gasteiger partial charge in [0.05, 0.1) is 54.9 Å². The Hall–Kier alpha value is -5.42. The molecule has 1 aliphatic heterocycles. The standard InChI is InChI=1S/C40H44O11/c1-23(39(41)27-11-13-31(43-3)35(21-27)45-5)49-33-15-9-25(19-37(33)47-7)29-17-18-30(51-29)26-10-16-34(38(20-26)48-8)50-24(2)40(42)28-12-14-32(44-4)36(22-28)46-6/h9-16,19-24,29-30H,17-18H2,1-8H3/t23-,24-,29+,30+/m1/s1. The average Bonchev–Trinajstić information content (AvgIpc) is 3.67. The van der Waals surface area contributed by atoms with Crippen molar-refractivity contribution in [3.63, 3.8) is 0 Å². The molecule has 0 spiro atoms. The van der Waals surface area contributed by atoms with Crippen LogP contribution in [0.2, 0.25) is 0 Å². The van der Waals surface area contributed by atoms with E-state index in [0.29, 0.717) is 57.1 Å². The Balaban J connectivity index is 1.23. The molecule has 1 heterocycles. The highest BCUT2D eigenvalue weighted by molar-refractivity contribution is 6.00. The molecule has 51 heavy (non-hydrogen) atoms. The molecule has 1 saturated heterocycles. The highest BCUT2D eigenvalue weighted by Gasteiger charge is 2.30. The summed E-state index contributed by atoms with van der Waals surface area (Å²) in [7, 11) is 9.24. The molecule has 4 aromatic rings. The van der Waals surface area contributed by atoms with Crippen LogP contribution in [0.3, 0.4) is 0 Å². The van der Waals surface area contributed by atoms with Crippen LogP contribution < -0.4 is 37.9 Å². The molecule has 0 unspecified atom stereocenters. The van der Waals surface area contributed by atoms with Gasteiger partial charge in [-0.05, 0) is 98.5 Å². The van der Waals surface area contributed by atoms with Crippen LogP contribution >= 0.6 is 0 Å². The van der Waals surface area contributed by atoms with Crippen LogP contribution in [0.15, 0.2) is 72.8 Å². The molecular formula is C40H44O11. The zero-order chi connectivity index (χ0) is 36.7. The van der Waals surface area contributed by atoms with Gasteiger partial charge < -0.3 is 42.6 Å². The van der Waals surface area contributed by atoms with Gasteiger partial charge in [0, 0.05) is 11.1 Å². The smallest absolute Gasteiger partial charge is 0.203 e. The lowest BCUT2D eigenvalue weighted by molar-refractivity contribution is 0.0437. The predicted octanol–water partition coefficient (Wildman–Crippen LogP) is 7.63. The van der Waals surface area contributed by atoms with Gasteiger partial charge in [0.2, 0.25) is 11.6 Å². The molecule has 11 heteroatoms. The Morgan fingerprint density at radius 1 is 0.490 bits per heavy atom. The van der Waals surface area contributed by atoms with E-state index in [1.807, 2.05) is 24.3 Å². The van der Waals surface area contributed by atoms with Crippen molar-refractivity contribution in [3.8, 4) is 46.0 Å². The minimum Gasteiger partial charge on any atom is -0.493 e. The third kappa shape index (κ3) is 8.15. The third-order valence-electron chi connectivity index (χ3n) is 8.82. The summed E-state index contributed by atoms with van der Waals surface area (Å²) in [4.78, 5) is 26.4. The Kier molecular flexibility index (Phi) is 11.9. The van der Waals surface area contributed by atoms with Crippen LogP contribution in [-0.4, -0.2) is 66.4 Å². The fourth-order valence-corrected chi connectivity index (χ4v) is 6.03. The summed E-state index contributed by atoms with van der Waals surface area (Å²) in [5.74, 6) is 3.43. The van der Waals surface area contributed by atoms with Crippen molar-refractivity contribution in [1.82, 2.24) is 0 Å². The van der Waals surface area contributed by atoms with Crippen molar-refractivity contribution in [3.05, 3.63) is 95.1 Å². The monoisotopic (exact) mass is 700 g/mol. The normalized spacial score (nSPS) is 16.4. The summed E-state index contributed by atoms with van der Waals surface area (Å²) in [6.45, 7) is 3.39. The van der Waals surface area contributed by atoms with Gasteiger partial charge >= 0.3 is 0 Å². The van der Waals surface area contributed by atoms with Crippen molar-refractivity contribution in [2.45, 2.75) is 51.1 Å². The molecule has 0 aliphatic carbocycles. The summed E-state index contributed by atoms with van der Waals surface area (Å²) in [6, 6.07) is 21.2. The second kappa shape index (κ2) is 16.5. The maximum Gasteiger partial charge on any atom is 0.203 e. The van der Waals surface area contributed by atoms with E-state index in [1.165, 1.54) is 14.2 Å². The third-order valence-corrected chi connectivity index (χ3v) is 8.82. The number of methoxy groups -OCH3 is 6. The first-order valence-corrected chi connectivity index (χ1v) is 16.5. The lowest BCUT2D eigenvalue weighted by Crippen LogP contribution is -2.24. The first kappa shape index (κ1) is 36.9. The fraction of sp³-hybridized carbons (Fsp3) is 0.350. The van der Waals surface area contributed by atoms with Crippen molar-refractivity contribution in [2.24, 2.45) is 0 Å². The summed E-state index contributed by atoms with van der Waals surface area (Å²) in [5.41, 5.74) is 2.73. The Morgan fingerprint density at radius 2 is 0.824 bits per heavy atom. The molecular weight excluding hydrogens is 656 g/mol. The Bertz CT molecular complexity index is 1720. The Morgan fingerprint density at radius 3 is 1.18 bits per heavy atom. The topological polar surface area (TPSA) is 117 Å². The van der Waals surface area contributed by atoms with E-state index in [1.54, 1.807) is 90.8 Å². The molecule has 0 radical (unpaired) electrons. The molecule has 0 saturated carbocycles. The van der Waals surface area contributed by atoms with E-state index in [4.69, 9.17) is 42.6 Å². The fourth-order valence-electron chi connectivity index (χ4n) is 6.03. The number of hydrogen-bond acceptors (Lipinski definition) is 11. The zero-order valence-corrected chi connectivity index (χ0v) is 30.1. The number of ketones is 2. The van der Waals surface area contributed by atoms with Crippen LogP contribution in [0.5, 0.6) is 46.0 Å². The molecule has 11 nitrogen and oxygen atoms in total. The number of carbonyl (C=O) groups is 2. The summed E-state index contributed by atoms with van der Waals surface area (Å²) >= 11 is 0. The quantitative estimate of drug-likeness (QED) is 0.107. The minimum atomic E-state index is -0.788. The van der Waals surface area contributed by atoms with E-state index < -0.39 is 12.2 Å². The molecule has 4 atom stereocenters. The van der Waals surface area contributed by atoms with E-state index in [-0.39, 0.29) is 23.8 Å². The van der Waals surface area contributed by atoms with Crippen molar-refractivity contribution in [1.29, 1.82) is 0 Å². The van der Waals surface area contributed by atoms with Crippen molar-refractivity contribution < 1.29 is 52.2 Å². The molecule has 4 aromatic carbocycles. The zero-order valence-electron chi connectivity index (χ0n) is 30.1. The number of Topliss-reactive ketones (excluding diaryl/α,β-unsaturated/α-hetero) is 2. The minimum absolute atomic E-state index is 0.190. The highest BCUT2D eigenvalue weighted by Crippen LogP contribution is 2.44. The van der Waals surface area contributed by atoms with Gasteiger partial charge in [0.1, 0.15) is 0 Å². The highest BCUT2D eigenvalue weighted by atomic mass is 16.5. The first-order valence-electron chi connectivity index (χ1n) is 16.5.